The Morgan fingerprint density at radius 2 is 1.83 bits per heavy atom. The predicted molar refractivity (Wildman–Crippen MR) is 92.5 cm³/mol. The van der Waals surface area contributed by atoms with Crippen LogP contribution in [0, 0.1) is 5.95 Å². The fourth-order valence-electron chi connectivity index (χ4n) is 2.77. The van der Waals surface area contributed by atoms with Gasteiger partial charge in [0.25, 0.3) is 5.56 Å². The first-order valence-electron chi connectivity index (χ1n) is 7.87. The number of pyridine rings is 1. The molecule has 2 aromatic rings. The topological polar surface area (TPSA) is 54.3 Å². The largest absolute Gasteiger partial charge is 0.365 e. The summed E-state index contributed by atoms with van der Waals surface area (Å²) in [6, 6.07) is 4.72. The van der Waals surface area contributed by atoms with Gasteiger partial charge in [0.15, 0.2) is 0 Å². The van der Waals surface area contributed by atoms with Crippen molar-refractivity contribution < 1.29 is 4.39 Å². The SMILES string of the molecule is CC(C)n1ncc(N2CCN(c3cccc(F)n3)CC2)c(Cl)c1=O. The molecule has 0 bridgehead atoms. The average molecular weight is 352 g/mol. The zero-order chi connectivity index (χ0) is 17.3. The van der Waals surface area contributed by atoms with Crippen molar-refractivity contribution in [3.63, 3.8) is 0 Å². The third-order valence-electron chi connectivity index (χ3n) is 4.06. The van der Waals surface area contributed by atoms with Crippen molar-refractivity contribution in [3.05, 3.63) is 45.7 Å². The van der Waals surface area contributed by atoms with Crippen molar-refractivity contribution in [1.29, 1.82) is 0 Å². The van der Waals surface area contributed by atoms with E-state index in [2.05, 4.69) is 10.1 Å². The number of halogens is 2. The Labute approximate surface area is 144 Å². The lowest BCUT2D eigenvalue weighted by Crippen LogP contribution is -2.47. The van der Waals surface area contributed by atoms with Gasteiger partial charge in [-0.3, -0.25) is 4.79 Å². The lowest BCUT2D eigenvalue weighted by Gasteiger charge is -2.36. The highest BCUT2D eigenvalue weighted by molar-refractivity contribution is 6.33. The second-order valence-corrected chi connectivity index (χ2v) is 6.36. The quantitative estimate of drug-likeness (QED) is 0.794. The van der Waals surface area contributed by atoms with Crippen LogP contribution in [-0.4, -0.2) is 40.9 Å². The molecule has 0 aliphatic carbocycles. The molecule has 0 aromatic carbocycles. The van der Waals surface area contributed by atoms with E-state index in [0.29, 0.717) is 37.7 Å². The number of aromatic nitrogens is 3. The maximum atomic E-state index is 13.3. The molecule has 0 unspecified atom stereocenters. The monoisotopic (exact) mass is 351 g/mol. The van der Waals surface area contributed by atoms with Crippen LogP contribution in [-0.2, 0) is 0 Å². The van der Waals surface area contributed by atoms with E-state index in [9.17, 15) is 9.18 Å². The van der Waals surface area contributed by atoms with Crippen LogP contribution >= 0.6 is 11.6 Å². The fraction of sp³-hybridized carbons (Fsp3) is 0.438. The first-order valence-corrected chi connectivity index (χ1v) is 8.25. The highest BCUT2D eigenvalue weighted by atomic mass is 35.5. The molecule has 0 radical (unpaired) electrons. The molecule has 0 atom stereocenters. The molecule has 0 amide bonds. The van der Waals surface area contributed by atoms with Crippen LogP contribution in [0.4, 0.5) is 15.9 Å². The Kier molecular flexibility index (Phi) is 4.71. The molecule has 8 heteroatoms. The summed E-state index contributed by atoms with van der Waals surface area (Å²) in [4.78, 5) is 20.2. The lowest BCUT2D eigenvalue weighted by atomic mass is 10.2. The van der Waals surface area contributed by atoms with Crippen LogP contribution in [0.1, 0.15) is 19.9 Å². The fourth-order valence-corrected chi connectivity index (χ4v) is 3.03. The molecule has 0 saturated carbocycles. The van der Waals surface area contributed by atoms with Gasteiger partial charge in [-0.2, -0.15) is 9.49 Å². The molecule has 128 valence electrons. The van der Waals surface area contributed by atoms with Gasteiger partial charge in [-0.1, -0.05) is 17.7 Å². The number of nitrogens with zero attached hydrogens (tertiary/aromatic N) is 5. The van der Waals surface area contributed by atoms with E-state index >= 15 is 0 Å². The molecule has 1 aliphatic heterocycles. The van der Waals surface area contributed by atoms with Crippen LogP contribution in [0.2, 0.25) is 5.02 Å². The number of anilines is 2. The van der Waals surface area contributed by atoms with E-state index in [1.165, 1.54) is 10.7 Å². The van der Waals surface area contributed by atoms with Crippen molar-refractivity contribution in [2.45, 2.75) is 19.9 Å². The molecule has 3 rings (SSSR count). The van der Waals surface area contributed by atoms with Gasteiger partial charge in [0.05, 0.1) is 17.9 Å². The van der Waals surface area contributed by atoms with E-state index < -0.39 is 5.95 Å². The van der Waals surface area contributed by atoms with E-state index in [1.54, 1.807) is 18.3 Å². The summed E-state index contributed by atoms with van der Waals surface area (Å²) in [5, 5.41) is 4.40. The van der Waals surface area contributed by atoms with Crippen LogP contribution in [0.3, 0.4) is 0 Å². The molecule has 6 nitrogen and oxygen atoms in total. The third kappa shape index (κ3) is 3.21. The molecule has 1 fully saturated rings. The van der Waals surface area contributed by atoms with Crippen LogP contribution < -0.4 is 15.4 Å². The molecule has 24 heavy (non-hydrogen) atoms. The minimum Gasteiger partial charge on any atom is -0.365 e. The highest BCUT2D eigenvalue weighted by Gasteiger charge is 2.22. The maximum absolute atomic E-state index is 13.3. The molecule has 1 saturated heterocycles. The average Bonchev–Trinajstić information content (AvgIpc) is 2.57. The molecular weight excluding hydrogens is 333 g/mol. The van der Waals surface area contributed by atoms with Crippen molar-refractivity contribution in [3.8, 4) is 0 Å². The van der Waals surface area contributed by atoms with Gasteiger partial charge in [-0.25, -0.2) is 9.67 Å². The highest BCUT2D eigenvalue weighted by Crippen LogP contribution is 2.24. The van der Waals surface area contributed by atoms with Gasteiger partial charge in [-0.15, -0.1) is 0 Å². The van der Waals surface area contributed by atoms with E-state index in [-0.39, 0.29) is 16.6 Å². The molecule has 0 spiro atoms. The zero-order valence-corrected chi connectivity index (χ0v) is 14.4. The number of piperazine rings is 1. The Hall–Kier alpha value is -2.15. The maximum Gasteiger partial charge on any atom is 0.287 e. The van der Waals surface area contributed by atoms with Crippen LogP contribution in [0.25, 0.3) is 0 Å². The second kappa shape index (κ2) is 6.76. The van der Waals surface area contributed by atoms with Crippen molar-refractivity contribution in [2.24, 2.45) is 0 Å². The standard InChI is InChI=1S/C16H19ClFN5O/c1-11(2)23-16(24)15(17)12(10-19-23)21-6-8-22(9-7-21)14-5-3-4-13(18)20-14/h3-5,10-11H,6-9H2,1-2H3. The molecule has 1 aliphatic rings. The normalized spacial score (nSPS) is 15.2. The van der Waals surface area contributed by atoms with E-state index in [1.807, 2.05) is 23.6 Å². The Morgan fingerprint density at radius 3 is 2.46 bits per heavy atom. The summed E-state index contributed by atoms with van der Waals surface area (Å²) in [7, 11) is 0. The van der Waals surface area contributed by atoms with Gasteiger partial charge in [-0.05, 0) is 26.0 Å². The van der Waals surface area contributed by atoms with Gasteiger partial charge < -0.3 is 9.80 Å². The summed E-state index contributed by atoms with van der Waals surface area (Å²) in [5.41, 5.74) is 0.365. The first-order chi connectivity index (χ1) is 11.5. The van der Waals surface area contributed by atoms with Crippen LogP contribution in [0.15, 0.2) is 29.2 Å². The summed E-state index contributed by atoms with van der Waals surface area (Å²) in [6.45, 7) is 6.42. The number of rotatable bonds is 3. The summed E-state index contributed by atoms with van der Waals surface area (Å²) < 4.78 is 14.6. The smallest absolute Gasteiger partial charge is 0.287 e. The zero-order valence-electron chi connectivity index (χ0n) is 13.6. The number of hydrogen-bond donors (Lipinski definition) is 0. The van der Waals surface area contributed by atoms with E-state index in [4.69, 9.17) is 11.6 Å². The van der Waals surface area contributed by atoms with Gasteiger partial charge >= 0.3 is 0 Å². The van der Waals surface area contributed by atoms with Crippen molar-refractivity contribution >= 4 is 23.1 Å². The van der Waals surface area contributed by atoms with Gasteiger partial charge in [0.2, 0.25) is 5.95 Å². The Balaban J connectivity index is 1.75. The van der Waals surface area contributed by atoms with Crippen LogP contribution in [0.5, 0.6) is 0 Å². The molecule has 3 heterocycles. The predicted octanol–water partition coefficient (Wildman–Crippen LogP) is 2.34. The molecule has 2 aromatic heterocycles. The second-order valence-electron chi connectivity index (χ2n) is 5.98. The van der Waals surface area contributed by atoms with Gasteiger partial charge in [0.1, 0.15) is 10.8 Å². The molecular formula is C16H19ClFN5O. The Bertz CT molecular complexity index is 786. The molecule has 0 N–H and O–H groups in total. The summed E-state index contributed by atoms with van der Waals surface area (Å²) in [6.07, 6.45) is 1.64. The van der Waals surface area contributed by atoms with E-state index in [0.717, 1.165) is 0 Å². The van der Waals surface area contributed by atoms with Crippen molar-refractivity contribution in [2.75, 3.05) is 36.0 Å². The van der Waals surface area contributed by atoms with Gasteiger partial charge in [0, 0.05) is 26.2 Å². The summed E-state index contributed by atoms with van der Waals surface area (Å²) >= 11 is 6.26. The summed E-state index contributed by atoms with van der Waals surface area (Å²) in [5.74, 6) is 0.133. The third-order valence-corrected chi connectivity index (χ3v) is 4.41. The van der Waals surface area contributed by atoms with Crippen molar-refractivity contribution in [1.82, 2.24) is 14.8 Å². The first kappa shape index (κ1) is 16.7. The Morgan fingerprint density at radius 1 is 1.17 bits per heavy atom. The minimum absolute atomic E-state index is 0.0417. The minimum atomic E-state index is -0.487. The number of hydrogen-bond acceptors (Lipinski definition) is 5. The lowest BCUT2D eigenvalue weighted by molar-refractivity contribution is 0.501.